The van der Waals surface area contributed by atoms with Crippen molar-refractivity contribution in [3.8, 4) is 0 Å². The Morgan fingerprint density at radius 3 is 2.56 bits per heavy atom. The van der Waals surface area contributed by atoms with Gasteiger partial charge in [-0.1, -0.05) is 62.4 Å². The number of rotatable bonds is 5. The predicted molar refractivity (Wildman–Crippen MR) is 121 cm³/mol. The summed E-state index contributed by atoms with van der Waals surface area (Å²) in [6.45, 7) is 4.14. The van der Waals surface area contributed by atoms with Crippen LogP contribution in [-0.2, 0) is 20.9 Å². The molecule has 7 nitrogen and oxygen atoms in total. The smallest absolute Gasteiger partial charge is 0.418 e. The Balaban J connectivity index is 1.59. The van der Waals surface area contributed by atoms with Gasteiger partial charge in [0.25, 0.3) is 5.91 Å². The van der Waals surface area contributed by atoms with Crippen LogP contribution >= 0.6 is 0 Å². The molecule has 0 saturated carbocycles. The van der Waals surface area contributed by atoms with Crippen LogP contribution in [-0.4, -0.2) is 28.5 Å². The third kappa shape index (κ3) is 4.56. The van der Waals surface area contributed by atoms with Crippen molar-refractivity contribution in [3.63, 3.8) is 0 Å². The number of amides is 2. The summed E-state index contributed by atoms with van der Waals surface area (Å²) in [7, 11) is 0. The molecule has 164 valence electrons. The molecule has 0 bridgehead atoms. The van der Waals surface area contributed by atoms with E-state index in [1.807, 2.05) is 62.4 Å². The minimum absolute atomic E-state index is 0.149. The Bertz CT molecular complexity index is 1190. The lowest BCUT2D eigenvalue weighted by Crippen LogP contribution is -2.55. The minimum atomic E-state index is -0.547. The van der Waals surface area contributed by atoms with Gasteiger partial charge in [-0.15, -0.1) is 0 Å². The number of carbonyl (C=O) groups excluding carboxylic acids is 3. The standard InChI is InChI=1S/C25H25N3O4/c1-16(2)12-20-23(29)27-21(24(30)26-20)13-18-14-28(22-11-7-6-10-19(18)22)25(31)32-15-17-8-4-3-5-9-17/h3-11,13-14,16,20H,12,15H2,1-2H3,(H,26,30)(H,27,29)/b21-13+/t20-/m0/s1. The highest BCUT2D eigenvalue weighted by Crippen LogP contribution is 2.24. The third-order valence-corrected chi connectivity index (χ3v) is 5.28. The predicted octanol–water partition coefficient (Wildman–Crippen LogP) is 3.83. The minimum Gasteiger partial charge on any atom is -0.444 e. The largest absolute Gasteiger partial charge is 0.444 e. The lowest BCUT2D eigenvalue weighted by Gasteiger charge is -2.26. The van der Waals surface area contributed by atoms with E-state index < -0.39 is 12.1 Å². The molecule has 2 heterocycles. The maximum Gasteiger partial charge on any atom is 0.418 e. The lowest BCUT2D eigenvalue weighted by atomic mass is 10.0. The number of aromatic nitrogens is 1. The fourth-order valence-electron chi connectivity index (χ4n) is 3.73. The fourth-order valence-corrected chi connectivity index (χ4v) is 3.73. The Kier molecular flexibility index (Phi) is 6.07. The third-order valence-electron chi connectivity index (χ3n) is 5.28. The van der Waals surface area contributed by atoms with E-state index in [2.05, 4.69) is 10.6 Å². The van der Waals surface area contributed by atoms with Gasteiger partial charge in [0.15, 0.2) is 0 Å². The number of nitrogens with zero attached hydrogens (tertiary/aromatic N) is 1. The molecule has 2 N–H and O–H groups in total. The molecule has 0 spiro atoms. The molecular formula is C25H25N3O4. The molecule has 1 aliphatic heterocycles. The zero-order chi connectivity index (χ0) is 22.7. The normalized spacial score (nSPS) is 17.5. The van der Waals surface area contributed by atoms with E-state index in [-0.39, 0.29) is 30.0 Å². The Morgan fingerprint density at radius 2 is 1.81 bits per heavy atom. The van der Waals surface area contributed by atoms with Gasteiger partial charge in [0.1, 0.15) is 18.3 Å². The van der Waals surface area contributed by atoms with Crippen molar-refractivity contribution in [2.24, 2.45) is 5.92 Å². The first-order chi connectivity index (χ1) is 15.4. The van der Waals surface area contributed by atoms with Crippen LogP contribution in [0.25, 0.3) is 17.0 Å². The van der Waals surface area contributed by atoms with Crippen LogP contribution in [0.15, 0.2) is 66.5 Å². The topological polar surface area (TPSA) is 89.4 Å². The van der Waals surface area contributed by atoms with E-state index in [4.69, 9.17) is 4.74 Å². The number of fused-ring (bicyclic) bond motifs is 1. The van der Waals surface area contributed by atoms with Crippen LogP contribution < -0.4 is 10.6 Å². The van der Waals surface area contributed by atoms with Crippen LogP contribution in [0.4, 0.5) is 4.79 Å². The summed E-state index contributed by atoms with van der Waals surface area (Å²) in [6.07, 6.45) is 3.24. The molecule has 1 saturated heterocycles. The molecular weight excluding hydrogens is 406 g/mol. The van der Waals surface area contributed by atoms with Crippen LogP contribution in [0, 0.1) is 5.92 Å². The molecule has 1 atom stereocenters. The molecule has 32 heavy (non-hydrogen) atoms. The van der Waals surface area contributed by atoms with Gasteiger partial charge in [0.05, 0.1) is 5.52 Å². The molecule has 7 heteroatoms. The molecule has 3 aromatic rings. The highest BCUT2D eigenvalue weighted by Gasteiger charge is 2.30. The van der Waals surface area contributed by atoms with Gasteiger partial charge in [-0.05, 0) is 30.0 Å². The molecule has 2 aromatic carbocycles. The number of ether oxygens (including phenoxy) is 1. The summed E-state index contributed by atoms with van der Waals surface area (Å²) >= 11 is 0. The average Bonchev–Trinajstić information content (AvgIpc) is 3.14. The zero-order valence-electron chi connectivity index (χ0n) is 18.0. The van der Waals surface area contributed by atoms with Crippen LogP contribution in [0.3, 0.4) is 0 Å². The first-order valence-corrected chi connectivity index (χ1v) is 10.6. The Hall–Kier alpha value is -3.87. The zero-order valence-corrected chi connectivity index (χ0v) is 18.0. The number of carbonyl (C=O) groups is 3. The molecule has 1 aromatic heterocycles. The molecule has 0 unspecified atom stereocenters. The molecule has 0 aliphatic carbocycles. The summed E-state index contributed by atoms with van der Waals surface area (Å²) in [5.41, 5.74) is 2.32. The molecule has 4 rings (SSSR count). The first kappa shape index (κ1) is 21.4. The van der Waals surface area contributed by atoms with E-state index in [1.54, 1.807) is 18.3 Å². The van der Waals surface area contributed by atoms with Crippen molar-refractivity contribution in [2.75, 3.05) is 0 Å². The monoisotopic (exact) mass is 431 g/mol. The van der Waals surface area contributed by atoms with Gasteiger partial charge in [-0.3, -0.25) is 14.2 Å². The van der Waals surface area contributed by atoms with Crippen molar-refractivity contribution >= 4 is 34.9 Å². The van der Waals surface area contributed by atoms with E-state index in [1.165, 1.54) is 4.57 Å². The maximum atomic E-state index is 12.8. The molecule has 2 amide bonds. The number of piperazine rings is 1. The van der Waals surface area contributed by atoms with Crippen molar-refractivity contribution in [1.29, 1.82) is 0 Å². The number of benzene rings is 2. The second kappa shape index (κ2) is 9.09. The SMILES string of the molecule is CC(C)C[C@@H]1NC(=O)/C(=C\c2cn(C(=O)OCc3ccccc3)c3ccccc23)NC1=O. The summed E-state index contributed by atoms with van der Waals surface area (Å²) < 4.78 is 6.88. The van der Waals surface area contributed by atoms with E-state index >= 15 is 0 Å². The Labute approximate surface area is 186 Å². The van der Waals surface area contributed by atoms with Gasteiger partial charge in [0, 0.05) is 17.1 Å². The number of hydrogen-bond donors (Lipinski definition) is 2. The second-order valence-electron chi connectivity index (χ2n) is 8.21. The number of hydrogen-bond acceptors (Lipinski definition) is 4. The highest BCUT2D eigenvalue weighted by atomic mass is 16.5. The Morgan fingerprint density at radius 1 is 1.09 bits per heavy atom. The van der Waals surface area contributed by atoms with Crippen LogP contribution in [0.1, 0.15) is 31.4 Å². The summed E-state index contributed by atoms with van der Waals surface area (Å²) in [5, 5.41) is 6.24. The molecule has 1 aliphatic rings. The number of para-hydroxylation sites is 1. The van der Waals surface area contributed by atoms with Gasteiger partial charge in [-0.2, -0.15) is 0 Å². The van der Waals surface area contributed by atoms with Gasteiger partial charge >= 0.3 is 6.09 Å². The maximum absolute atomic E-state index is 12.8. The average molecular weight is 431 g/mol. The van der Waals surface area contributed by atoms with Crippen molar-refractivity contribution < 1.29 is 19.1 Å². The highest BCUT2D eigenvalue weighted by molar-refractivity contribution is 6.08. The van der Waals surface area contributed by atoms with Crippen molar-refractivity contribution in [2.45, 2.75) is 32.9 Å². The van der Waals surface area contributed by atoms with Gasteiger partial charge in [-0.25, -0.2) is 4.79 Å². The van der Waals surface area contributed by atoms with E-state index in [9.17, 15) is 14.4 Å². The quantitative estimate of drug-likeness (QED) is 0.601. The molecule has 0 radical (unpaired) electrons. The van der Waals surface area contributed by atoms with Crippen LogP contribution in [0.2, 0.25) is 0 Å². The second-order valence-corrected chi connectivity index (χ2v) is 8.21. The van der Waals surface area contributed by atoms with Gasteiger partial charge < -0.3 is 15.4 Å². The van der Waals surface area contributed by atoms with Crippen molar-refractivity contribution in [3.05, 3.63) is 77.6 Å². The summed E-state index contributed by atoms with van der Waals surface area (Å²) in [4.78, 5) is 37.8. The van der Waals surface area contributed by atoms with Crippen molar-refractivity contribution in [1.82, 2.24) is 15.2 Å². The number of nitrogens with one attached hydrogen (secondary N) is 2. The van der Waals surface area contributed by atoms with E-state index in [0.29, 0.717) is 17.5 Å². The molecule has 1 fully saturated rings. The van der Waals surface area contributed by atoms with Gasteiger partial charge in [0.2, 0.25) is 5.91 Å². The first-order valence-electron chi connectivity index (χ1n) is 10.6. The van der Waals surface area contributed by atoms with Crippen LogP contribution in [0.5, 0.6) is 0 Å². The van der Waals surface area contributed by atoms with E-state index in [0.717, 1.165) is 10.9 Å². The lowest BCUT2D eigenvalue weighted by molar-refractivity contribution is -0.131. The fraction of sp³-hybridized carbons (Fsp3) is 0.240. The summed E-state index contributed by atoms with van der Waals surface area (Å²) in [5.74, 6) is -0.314. The summed E-state index contributed by atoms with van der Waals surface area (Å²) in [6, 6.07) is 16.2.